The number of alkyl halides is 3. The second kappa shape index (κ2) is 12.9. The molecule has 2 aromatic heterocycles. The Balaban J connectivity index is 0.000000270. The van der Waals surface area contributed by atoms with Crippen molar-refractivity contribution in [2.45, 2.75) is 83.0 Å². The van der Waals surface area contributed by atoms with Gasteiger partial charge in [0.15, 0.2) is 0 Å². The highest BCUT2D eigenvalue weighted by Gasteiger charge is 2.45. The molecule has 0 saturated carbocycles. The first-order valence-electron chi connectivity index (χ1n) is 15.6. The van der Waals surface area contributed by atoms with Gasteiger partial charge in [0, 0.05) is 37.9 Å². The maximum absolute atomic E-state index is 12.1. The number of rotatable bonds is 6. The van der Waals surface area contributed by atoms with Gasteiger partial charge in [-0.25, -0.2) is 4.98 Å². The van der Waals surface area contributed by atoms with Gasteiger partial charge in [-0.15, -0.1) is 0 Å². The van der Waals surface area contributed by atoms with Crippen LogP contribution in [0, 0.1) is 12.8 Å². The summed E-state index contributed by atoms with van der Waals surface area (Å²) in [7, 11) is 2.12. The van der Waals surface area contributed by atoms with Gasteiger partial charge in [0.05, 0.1) is 16.8 Å². The van der Waals surface area contributed by atoms with Crippen LogP contribution in [0.4, 0.5) is 24.8 Å². The summed E-state index contributed by atoms with van der Waals surface area (Å²) in [5, 5.41) is 0. The third-order valence-electron chi connectivity index (χ3n) is 9.73. The molecule has 44 heavy (non-hydrogen) atoms. The quantitative estimate of drug-likeness (QED) is 0.462. The summed E-state index contributed by atoms with van der Waals surface area (Å²) >= 11 is 0. The minimum Gasteiger partial charge on any atom is -0.461 e. The van der Waals surface area contributed by atoms with Gasteiger partial charge in [-0.05, 0) is 95.0 Å². The number of aryl methyl sites for hydroxylation is 2. The van der Waals surface area contributed by atoms with Gasteiger partial charge in [0.1, 0.15) is 18.2 Å². The van der Waals surface area contributed by atoms with Crippen LogP contribution >= 0.6 is 0 Å². The number of fused-ring (bicyclic) bond motifs is 2. The number of aromatic nitrogens is 3. The number of nitrogens with zero attached hydrogens (tertiary/aromatic N) is 6. The highest BCUT2D eigenvalue weighted by Crippen LogP contribution is 2.40. The Morgan fingerprint density at radius 1 is 1.23 bits per heavy atom. The minimum atomic E-state index is -4.34. The van der Waals surface area contributed by atoms with Crippen molar-refractivity contribution in [3.63, 3.8) is 0 Å². The maximum Gasteiger partial charge on any atom is 0.418 e. The van der Waals surface area contributed by atoms with Crippen LogP contribution in [0.15, 0.2) is 24.9 Å². The van der Waals surface area contributed by atoms with Crippen LogP contribution in [0.25, 0.3) is 0 Å². The van der Waals surface area contributed by atoms with E-state index in [-0.39, 0.29) is 28.9 Å². The van der Waals surface area contributed by atoms with E-state index < -0.39 is 11.7 Å². The molecule has 0 spiro atoms. The Hall–Kier alpha value is -3.41. The van der Waals surface area contributed by atoms with Crippen molar-refractivity contribution in [3.8, 4) is 6.01 Å². The van der Waals surface area contributed by atoms with Crippen LogP contribution in [-0.4, -0.2) is 82.1 Å². The van der Waals surface area contributed by atoms with Crippen LogP contribution < -0.4 is 15.4 Å². The lowest BCUT2D eigenvalue weighted by Crippen LogP contribution is -2.43. The summed E-state index contributed by atoms with van der Waals surface area (Å²) in [4.78, 5) is 32.1. The highest BCUT2D eigenvalue weighted by molar-refractivity contribution is 5.87. The van der Waals surface area contributed by atoms with Crippen molar-refractivity contribution in [3.05, 3.63) is 47.3 Å². The fraction of sp³-hybridized carbons (Fsp3) is 0.625. The summed E-state index contributed by atoms with van der Waals surface area (Å²) in [6, 6.07) is 1.98. The van der Waals surface area contributed by atoms with E-state index in [0.29, 0.717) is 25.1 Å². The number of carbonyl (C=O) groups is 1. The fourth-order valence-corrected chi connectivity index (χ4v) is 7.20. The van der Waals surface area contributed by atoms with E-state index in [9.17, 15) is 18.0 Å². The molecule has 0 aromatic carbocycles. The molecule has 0 bridgehead atoms. The van der Waals surface area contributed by atoms with E-state index >= 15 is 0 Å². The van der Waals surface area contributed by atoms with Gasteiger partial charge in [-0.2, -0.15) is 23.1 Å². The molecule has 1 unspecified atom stereocenters. The van der Waals surface area contributed by atoms with Crippen LogP contribution in [0.2, 0.25) is 0 Å². The minimum absolute atomic E-state index is 0.0141. The van der Waals surface area contributed by atoms with Crippen molar-refractivity contribution in [1.29, 1.82) is 0 Å². The second-order valence-electron chi connectivity index (χ2n) is 12.8. The zero-order valence-corrected chi connectivity index (χ0v) is 26.0. The molecular formula is C32H44F3N7O2. The lowest BCUT2D eigenvalue weighted by atomic mass is 9.88. The predicted molar refractivity (Wildman–Crippen MR) is 163 cm³/mol. The summed E-state index contributed by atoms with van der Waals surface area (Å²) in [5.74, 6) is 1.75. The summed E-state index contributed by atoms with van der Waals surface area (Å²) in [5.41, 5.74) is 7.16. The summed E-state index contributed by atoms with van der Waals surface area (Å²) in [6.07, 6.45) is 6.88. The number of likely N-dealkylation sites (tertiary alicyclic amines) is 1. The molecule has 1 aliphatic carbocycles. The first kappa shape index (κ1) is 32.0. The van der Waals surface area contributed by atoms with E-state index in [2.05, 4.69) is 35.3 Å². The van der Waals surface area contributed by atoms with E-state index in [1.165, 1.54) is 63.4 Å². The van der Waals surface area contributed by atoms with Gasteiger partial charge in [0.2, 0.25) is 5.91 Å². The summed E-state index contributed by atoms with van der Waals surface area (Å²) in [6.45, 7) is 11.9. The number of carbonyl (C=O) groups excluding carboxylic acids is 1. The molecule has 5 heterocycles. The number of likely N-dealkylation sites (N-methyl/N-ethyl adjacent to an activating group) is 1. The van der Waals surface area contributed by atoms with Crippen molar-refractivity contribution in [1.82, 2.24) is 24.8 Å². The van der Waals surface area contributed by atoms with Gasteiger partial charge in [-0.1, -0.05) is 13.5 Å². The lowest BCUT2D eigenvalue weighted by Gasteiger charge is -2.33. The SMILES string of the molecule is C=CC(=O)N1CCC(N(C)c2nc(OCC34CCCN3CCC4)nc3c2C[C@H](C)CC3)C1.Cc1cc(N)ncc1C(F)(F)F. The Labute approximate surface area is 257 Å². The van der Waals surface area contributed by atoms with Crippen LogP contribution in [0.3, 0.4) is 0 Å². The van der Waals surface area contributed by atoms with Gasteiger partial charge < -0.3 is 20.3 Å². The second-order valence-corrected chi connectivity index (χ2v) is 12.8. The van der Waals surface area contributed by atoms with E-state index in [1.54, 1.807) is 0 Å². The molecule has 9 nitrogen and oxygen atoms in total. The number of halogens is 3. The Kier molecular flexibility index (Phi) is 9.38. The molecule has 240 valence electrons. The van der Waals surface area contributed by atoms with E-state index in [0.717, 1.165) is 49.9 Å². The average Bonchev–Trinajstić information content (AvgIpc) is 3.71. The molecule has 12 heteroatoms. The average molecular weight is 616 g/mol. The molecule has 1 amide bonds. The molecule has 3 saturated heterocycles. The van der Waals surface area contributed by atoms with Crippen LogP contribution in [-0.2, 0) is 23.8 Å². The number of pyridine rings is 1. The molecule has 2 atom stereocenters. The smallest absolute Gasteiger partial charge is 0.418 e. The Morgan fingerprint density at radius 3 is 2.61 bits per heavy atom. The fourth-order valence-electron chi connectivity index (χ4n) is 7.20. The number of ether oxygens (including phenoxy) is 1. The number of hydrogen-bond acceptors (Lipinski definition) is 8. The predicted octanol–water partition coefficient (Wildman–Crippen LogP) is 4.82. The summed E-state index contributed by atoms with van der Waals surface area (Å²) < 4.78 is 42.6. The van der Waals surface area contributed by atoms with Crippen molar-refractivity contribution in [2.24, 2.45) is 5.92 Å². The maximum atomic E-state index is 12.1. The van der Waals surface area contributed by atoms with Crippen molar-refractivity contribution < 1.29 is 22.7 Å². The largest absolute Gasteiger partial charge is 0.461 e. The Morgan fingerprint density at radius 2 is 1.95 bits per heavy atom. The van der Waals surface area contributed by atoms with Gasteiger partial charge in [0.25, 0.3) is 0 Å². The van der Waals surface area contributed by atoms with Gasteiger partial charge in [-0.3, -0.25) is 9.69 Å². The zero-order chi connectivity index (χ0) is 31.6. The molecule has 6 rings (SSSR count). The van der Waals surface area contributed by atoms with E-state index in [4.69, 9.17) is 20.4 Å². The van der Waals surface area contributed by atoms with Crippen molar-refractivity contribution >= 4 is 17.5 Å². The number of anilines is 2. The zero-order valence-electron chi connectivity index (χ0n) is 26.0. The first-order chi connectivity index (χ1) is 20.9. The molecule has 0 radical (unpaired) electrons. The number of nitrogens with two attached hydrogens (primary N) is 1. The topological polar surface area (TPSA) is 101 Å². The van der Waals surface area contributed by atoms with Gasteiger partial charge >= 0.3 is 12.2 Å². The normalized spacial score (nSPS) is 22.5. The standard InChI is InChI=1S/C25H37N5O2.C7H7F3N2/c1-4-22(31)29-14-9-19(16-29)28(3)23-20-15-18(2)7-8-21(20)26-24(27-23)32-17-25-10-5-12-30(25)13-6-11-25;1-4-2-6(11)12-3-5(4)7(8,9)10/h4,18-19H,1,5-17H2,2-3H3;2-3H,1H3,(H2,11,12)/t18-,19?;/m1./s1. The van der Waals surface area contributed by atoms with Crippen molar-refractivity contribution in [2.75, 3.05) is 50.5 Å². The third-order valence-corrected chi connectivity index (χ3v) is 9.73. The lowest BCUT2D eigenvalue weighted by molar-refractivity contribution is -0.138. The first-order valence-corrected chi connectivity index (χ1v) is 15.6. The third kappa shape index (κ3) is 6.79. The molecule has 2 N–H and O–H groups in total. The Bertz CT molecular complexity index is 1360. The van der Waals surface area contributed by atoms with Crippen LogP contribution in [0.5, 0.6) is 6.01 Å². The van der Waals surface area contributed by atoms with E-state index in [1.807, 2.05) is 4.90 Å². The number of amides is 1. The van der Waals surface area contributed by atoms with Crippen LogP contribution in [0.1, 0.15) is 67.8 Å². The molecule has 4 aliphatic rings. The monoisotopic (exact) mass is 615 g/mol. The highest BCUT2D eigenvalue weighted by atomic mass is 19.4. The number of nitrogen functional groups attached to an aromatic ring is 1. The number of hydrogen-bond donors (Lipinski definition) is 1. The molecule has 3 fully saturated rings. The molecule has 2 aromatic rings. The molecule has 3 aliphatic heterocycles. The molecular weight excluding hydrogens is 571 g/mol.